The van der Waals surface area contributed by atoms with Gasteiger partial charge < -0.3 is 9.15 Å². The highest BCUT2D eigenvalue weighted by Crippen LogP contribution is 2.47. The second kappa shape index (κ2) is 7.97. The van der Waals surface area contributed by atoms with E-state index in [0.717, 1.165) is 4.90 Å². The molecule has 0 spiro atoms. The number of fused-ring (bicyclic) bond motifs is 1. The van der Waals surface area contributed by atoms with Crippen molar-refractivity contribution in [2.75, 3.05) is 16.6 Å². The maximum absolute atomic E-state index is 13.5. The highest BCUT2D eigenvalue weighted by molar-refractivity contribution is 6.24. The molecule has 3 atom stereocenters. The molecule has 2 saturated heterocycles. The van der Waals surface area contributed by atoms with E-state index in [1.54, 1.807) is 36.3 Å². The molecule has 1 aromatic heterocycles. The summed E-state index contributed by atoms with van der Waals surface area (Å²) in [5, 5.41) is 1.57. The first-order valence-corrected chi connectivity index (χ1v) is 10.3. The fourth-order valence-electron chi connectivity index (χ4n) is 4.18. The molecule has 8 heteroatoms. The van der Waals surface area contributed by atoms with Gasteiger partial charge in [0.2, 0.25) is 5.91 Å². The third-order valence-corrected chi connectivity index (χ3v) is 5.60. The summed E-state index contributed by atoms with van der Waals surface area (Å²) in [6.45, 7) is 1.98. The maximum atomic E-state index is 13.5. The van der Waals surface area contributed by atoms with Gasteiger partial charge in [0.15, 0.2) is 6.10 Å². The molecule has 0 bridgehead atoms. The van der Waals surface area contributed by atoms with Crippen LogP contribution < -0.4 is 9.96 Å². The SMILES string of the molecule is CCOC(=O)c1ccc(N2C(=O)[C@H]3[C@H](ON(c4ccccc4)[C@@H]3c3ccco3)C2=O)cc1. The molecule has 0 radical (unpaired) electrons. The number of anilines is 2. The number of hydrogen-bond donors (Lipinski definition) is 0. The van der Waals surface area contributed by atoms with Crippen LogP contribution in [0.15, 0.2) is 77.4 Å². The minimum atomic E-state index is -0.984. The Hall–Kier alpha value is -3.91. The lowest BCUT2D eigenvalue weighted by atomic mass is 9.94. The molecule has 2 amide bonds. The van der Waals surface area contributed by atoms with E-state index in [0.29, 0.717) is 22.7 Å². The Labute approximate surface area is 183 Å². The summed E-state index contributed by atoms with van der Waals surface area (Å²) in [6.07, 6.45) is 0.543. The van der Waals surface area contributed by atoms with E-state index in [4.69, 9.17) is 14.0 Å². The second-order valence-electron chi connectivity index (χ2n) is 7.45. The molecule has 162 valence electrons. The third-order valence-electron chi connectivity index (χ3n) is 5.60. The number of hydrogen-bond acceptors (Lipinski definition) is 7. The summed E-state index contributed by atoms with van der Waals surface area (Å²) >= 11 is 0. The topological polar surface area (TPSA) is 89.3 Å². The van der Waals surface area contributed by atoms with Gasteiger partial charge in [-0.05, 0) is 55.5 Å². The van der Waals surface area contributed by atoms with Gasteiger partial charge in [-0.15, -0.1) is 0 Å². The van der Waals surface area contributed by atoms with E-state index in [-0.39, 0.29) is 12.5 Å². The van der Waals surface area contributed by atoms with Crippen molar-refractivity contribution in [1.29, 1.82) is 0 Å². The Balaban J connectivity index is 1.48. The molecule has 5 rings (SSSR count). The molecule has 2 aliphatic rings. The Morgan fingerprint density at radius 1 is 0.938 bits per heavy atom. The third kappa shape index (κ3) is 3.16. The number of furan rings is 1. The zero-order chi connectivity index (χ0) is 22.2. The first kappa shape index (κ1) is 20.0. The Morgan fingerprint density at radius 3 is 2.34 bits per heavy atom. The minimum absolute atomic E-state index is 0.260. The number of rotatable bonds is 5. The van der Waals surface area contributed by atoms with Gasteiger partial charge in [-0.3, -0.25) is 14.4 Å². The average Bonchev–Trinajstić information content (AvgIpc) is 3.52. The van der Waals surface area contributed by atoms with Gasteiger partial charge in [0, 0.05) is 0 Å². The Morgan fingerprint density at radius 2 is 1.69 bits per heavy atom. The van der Waals surface area contributed by atoms with Gasteiger partial charge in [0.05, 0.1) is 29.8 Å². The van der Waals surface area contributed by atoms with Crippen molar-refractivity contribution in [3.8, 4) is 0 Å². The van der Waals surface area contributed by atoms with Crippen LogP contribution in [0.3, 0.4) is 0 Å². The summed E-state index contributed by atoms with van der Waals surface area (Å²) in [4.78, 5) is 45.8. The highest BCUT2D eigenvalue weighted by atomic mass is 16.7. The normalized spacial score (nSPS) is 22.3. The molecule has 0 aliphatic carbocycles. The number of hydroxylamine groups is 1. The Bertz CT molecular complexity index is 1140. The number of para-hydroxylation sites is 1. The summed E-state index contributed by atoms with van der Waals surface area (Å²) < 4.78 is 10.6. The largest absolute Gasteiger partial charge is 0.467 e. The zero-order valence-electron chi connectivity index (χ0n) is 17.2. The van der Waals surface area contributed by atoms with Crippen molar-refractivity contribution in [3.05, 3.63) is 84.3 Å². The number of carbonyl (C=O) groups excluding carboxylic acids is 3. The lowest BCUT2D eigenvalue weighted by Gasteiger charge is -2.27. The second-order valence-corrected chi connectivity index (χ2v) is 7.45. The quantitative estimate of drug-likeness (QED) is 0.450. The van der Waals surface area contributed by atoms with Crippen LogP contribution in [-0.4, -0.2) is 30.5 Å². The van der Waals surface area contributed by atoms with E-state index < -0.39 is 29.9 Å². The van der Waals surface area contributed by atoms with Gasteiger partial charge in [-0.2, -0.15) is 0 Å². The van der Waals surface area contributed by atoms with Crippen LogP contribution >= 0.6 is 0 Å². The smallest absolute Gasteiger partial charge is 0.338 e. The predicted octanol–water partition coefficient (Wildman–Crippen LogP) is 3.51. The van der Waals surface area contributed by atoms with Gasteiger partial charge in [-0.25, -0.2) is 14.8 Å². The van der Waals surface area contributed by atoms with Crippen LogP contribution in [-0.2, 0) is 19.2 Å². The highest BCUT2D eigenvalue weighted by Gasteiger charge is 2.61. The van der Waals surface area contributed by atoms with Crippen LogP contribution in [0.1, 0.15) is 29.1 Å². The van der Waals surface area contributed by atoms with E-state index in [9.17, 15) is 14.4 Å². The van der Waals surface area contributed by atoms with Gasteiger partial charge >= 0.3 is 5.97 Å². The first-order chi connectivity index (χ1) is 15.6. The van der Waals surface area contributed by atoms with E-state index in [1.807, 2.05) is 30.3 Å². The number of carbonyl (C=O) groups is 3. The van der Waals surface area contributed by atoms with Crippen LogP contribution in [0.2, 0.25) is 0 Å². The molecule has 2 aliphatic heterocycles. The summed E-state index contributed by atoms with van der Waals surface area (Å²) in [5.41, 5.74) is 1.43. The van der Waals surface area contributed by atoms with Crippen molar-refractivity contribution >= 4 is 29.2 Å². The van der Waals surface area contributed by atoms with Crippen molar-refractivity contribution in [2.45, 2.75) is 19.1 Å². The van der Waals surface area contributed by atoms with Crippen molar-refractivity contribution < 1.29 is 28.4 Å². The fourth-order valence-corrected chi connectivity index (χ4v) is 4.18. The standard InChI is InChI=1S/C24H20N2O6/c1-2-30-24(29)15-10-12-16(13-11-15)25-22(27)19-20(18-9-6-14-31-18)26(32-21(19)23(25)28)17-7-4-3-5-8-17/h3-14,19-21H,2H2,1H3/t19-,20-,21+/m1/s1. The summed E-state index contributed by atoms with van der Waals surface area (Å²) in [7, 11) is 0. The van der Waals surface area contributed by atoms with E-state index in [1.165, 1.54) is 18.4 Å². The fraction of sp³-hybridized carbons (Fsp3) is 0.208. The zero-order valence-corrected chi connectivity index (χ0v) is 17.2. The minimum Gasteiger partial charge on any atom is -0.467 e. The molecule has 2 fully saturated rings. The molecule has 3 aromatic rings. The molecule has 0 unspecified atom stereocenters. The lowest BCUT2D eigenvalue weighted by Crippen LogP contribution is -2.37. The average molecular weight is 432 g/mol. The molecule has 2 aromatic carbocycles. The molecule has 0 saturated carbocycles. The maximum Gasteiger partial charge on any atom is 0.338 e. The first-order valence-electron chi connectivity index (χ1n) is 10.3. The van der Waals surface area contributed by atoms with E-state index in [2.05, 4.69) is 0 Å². The van der Waals surface area contributed by atoms with Gasteiger partial charge in [0.1, 0.15) is 17.7 Å². The number of benzene rings is 2. The van der Waals surface area contributed by atoms with Crippen LogP contribution in [0, 0.1) is 5.92 Å². The predicted molar refractivity (Wildman–Crippen MR) is 114 cm³/mol. The molecular formula is C24H20N2O6. The monoisotopic (exact) mass is 432 g/mol. The summed E-state index contributed by atoms with van der Waals surface area (Å²) in [5.74, 6) is -1.56. The lowest BCUT2D eigenvalue weighted by molar-refractivity contribution is -0.126. The number of amides is 2. The van der Waals surface area contributed by atoms with Gasteiger partial charge in [-0.1, -0.05) is 18.2 Å². The van der Waals surface area contributed by atoms with E-state index >= 15 is 0 Å². The summed E-state index contributed by atoms with van der Waals surface area (Å²) in [6, 6.07) is 18.3. The van der Waals surface area contributed by atoms with Crippen LogP contribution in [0.4, 0.5) is 11.4 Å². The number of ether oxygens (including phenoxy) is 1. The van der Waals surface area contributed by atoms with Crippen LogP contribution in [0.5, 0.6) is 0 Å². The number of esters is 1. The van der Waals surface area contributed by atoms with Crippen molar-refractivity contribution in [1.82, 2.24) is 0 Å². The molecule has 3 heterocycles. The van der Waals surface area contributed by atoms with Gasteiger partial charge in [0.25, 0.3) is 5.91 Å². The van der Waals surface area contributed by atoms with Crippen molar-refractivity contribution in [3.63, 3.8) is 0 Å². The Kier molecular flexibility index (Phi) is 4.99. The molecule has 32 heavy (non-hydrogen) atoms. The molecule has 8 nitrogen and oxygen atoms in total. The van der Waals surface area contributed by atoms with Crippen molar-refractivity contribution in [2.24, 2.45) is 5.92 Å². The molecule has 0 N–H and O–H groups in total. The number of nitrogens with zero attached hydrogens (tertiary/aromatic N) is 2. The molecular weight excluding hydrogens is 412 g/mol. The van der Waals surface area contributed by atoms with Crippen LogP contribution in [0.25, 0.3) is 0 Å². The number of imide groups is 1.